The fraction of sp³-hybridized carbons (Fsp3) is 0.375. The van der Waals surface area contributed by atoms with Gasteiger partial charge in [0.25, 0.3) is 5.91 Å². The Hall–Kier alpha value is -2.28. The van der Waals surface area contributed by atoms with Gasteiger partial charge in [-0.25, -0.2) is 4.99 Å². The number of nitrogens with zero attached hydrogens (tertiary/aromatic N) is 2. The number of primary amides is 1. The Kier molecular flexibility index (Phi) is 6.22. The first-order valence-electron chi connectivity index (χ1n) is 7.50. The molecular formula is C16H22N4O2S. The second-order valence-electron chi connectivity index (χ2n) is 5.05. The second-order valence-corrected chi connectivity index (χ2v) is 6.08. The van der Waals surface area contributed by atoms with Crippen LogP contribution >= 0.6 is 11.3 Å². The summed E-state index contributed by atoms with van der Waals surface area (Å²) in [6.45, 7) is 4.05. The van der Waals surface area contributed by atoms with Crippen molar-refractivity contribution in [2.24, 2.45) is 10.7 Å². The van der Waals surface area contributed by atoms with E-state index in [-0.39, 0.29) is 5.76 Å². The number of nitrogens with one attached hydrogen (secondary N) is 1. The van der Waals surface area contributed by atoms with Crippen LogP contribution in [0.3, 0.4) is 0 Å². The van der Waals surface area contributed by atoms with E-state index in [0.29, 0.717) is 12.3 Å². The lowest BCUT2D eigenvalue weighted by molar-refractivity contribution is 0.0972. The summed E-state index contributed by atoms with van der Waals surface area (Å²) >= 11 is 1.76. The summed E-state index contributed by atoms with van der Waals surface area (Å²) in [4.78, 5) is 19.0. The molecule has 6 nitrogen and oxygen atoms in total. The van der Waals surface area contributed by atoms with E-state index in [1.165, 1.54) is 4.88 Å². The maximum atomic E-state index is 11.0. The average molecular weight is 334 g/mol. The molecule has 0 bridgehead atoms. The first kappa shape index (κ1) is 17.1. The highest BCUT2D eigenvalue weighted by molar-refractivity contribution is 7.09. The van der Waals surface area contributed by atoms with E-state index in [9.17, 15) is 4.79 Å². The fourth-order valence-corrected chi connectivity index (χ4v) is 2.75. The van der Waals surface area contributed by atoms with Crippen LogP contribution in [0.25, 0.3) is 0 Å². The minimum atomic E-state index is -0.569. The van der Waals surface area contributed by atoms with Gasteiger partial charge in [0.15, 0.2) is 11.7 Å². The predicted octanol–water partition coefficient (Wildman–Crippen LogP) is 2.08. The van der Waals surface area contributed by atoms with Crippen LogP contribution in [-0.2, 0) is 13.0 Å². The molecule has 0 spiro atoms. The number of rotatable bonds is 7. The topological polar surface area (TPSA) is 83.9 Å². The number of amides is 1. The summed E-state index contributed by atoms with van der Waals surface area (Å²) in [6, 6.07) is 7.49. The Balaban J connectivity index is 1.96. The zero-order chi connectivity index (χ0) is 16.7. The summed E-state index contributed by atoms with van der Waals surface area (Å²) in [5, 5.41) is 5.34. The minimum Gasteiger partial charge on any atom is -0.454 e. The van der Waals surface area contributed by atoms with Gasteiger partial charge < -0.3 is 20.4 Å². The number of thiophene rings is 1. The fourth-order valence-electron chi connectivity index (χ4n) is 2.06. The molecule has 2 aromatic heterocycles. The van der Waals surface area contributed by atoms with Crippen LogP contribution in [0.4, 0.5) is 0 Å². The Morgan fingerprint density at radius 3 is 2.87 bits per heavy atom. The number of guanidine groups is 1. The van der Waals surface area contributed by atoms with E-state index >= 15 is 0 Å². The van der Waals surface area contributed by atoms with Crippen molar-refractivity contribution in [2.75, 3.05) is 20.1 Å². The Morgan fingerprint density at radius 2 is 2.26 bits per heavy atom. The zero-order valence-corrected chi connectivity index (χ0v) is 14.2. The van der Waals surface area contributed by atoms with Crippen molar-refractivity contribution in [3.8, 4) is 0 Å². The molecule has 0 aliphatic rings. The molecule has 2 rings (SSSR count). The molecule has 2 heterocycles. The third-order valence-corrected chi connectivity index (χ3v) is 4.20. The van der Waals surface area contributed by atoms with E-state index < -0.39 is 5.91 Å². The highest BCUT2D eigenvalue weighted by atomic mass is 32.1. The summed E-state index contributed by atoms with van der Waals surface area (Å²) in [5.41, 5.74) is 5.18. The number of likely N-dealkylation sites (N-methyl/N-ethyl adjacent to an activating group) is 1. The van der Waals surface area contributed by atoms with Gasteiger partial charge in [-0.15, -0.1) is 11.3 Å². The standard InChI is InChI=1S/C16H22N4O2S/c1-3-18-16(20(2)9-8-13-5-4-10-23-13)19-11-12-6-7-14(22-12)15(17)21/h4-7,10H,3,8-9,11H2,1-2H3,(H2,17,21)(H,18,19). The maximum absolute atomic E-state index is 11.0. The lowest BCUT2D eigenvalue weighted by Gasteiger charge is -2.21. The van der Waals surface area contributed by atoms with E-state index in [1.54, 1.807) is 23.5 Å². The normalized spacial score (nSPS) is 11.5. The molecule has 0 unspecified atom stereocenters. The highest BCUT2D eigenvalue weighted by Gasteiger charge is 2.09. The second kappa shape index (κ2) is 8.38. The van der Waals surface area contributed by atoms with Gasteiger partial charge in [-0.3, -0.25) is 4.79 Å². The summed E-state index contributed by atoms with van der Waals surface area (Å²) in [7, 11) is 2.01. The Bertz CT molecular complexity index is 649. The molecule has 0 radical (unpaired) electrons. The molecule has 7 heteroatoms. The molecule has 0 aliphatic carbocycles. The van der Waals surface area contributed by atoms with Gasteiger partial charge in [0.05, 0.1) is 0 Å². The first-order valence-corrected chi connectivity index (χ1v) is 8.38. The highest BCUT2D eigenvalue weighted by Crippen LogP contribution is 2.10. The van der Waals surface area contributed by atoms with Gasteiger partial charge in [-0.05, 0) is 36.9 Å². The largest absolute Gasteiger partial charge is 0.454 e. The summed E-state index contributed by atoms with van der Waals surface area (Å²) in [6.07, 6.45) is 0.977. The maximum Gasteiger partial charge on any atom is 0.284 e. The molecule has 0 aliphatic heterocycles. The SMILES string of the molecule is CCNC(=NCc1ccc(C(N)=O)o1)N(C)CCc1cccs1. The number of carbonyl (C=O) groups is 1. The number of hydrogen-bond acceptors (Lipinski definition) is 4. The lowest BCUT2D eigenvalue weighted by Crippen LogP contribution is -2.39. The molecule has 0 fully saturated rings. The van der Waals surface area contributed by atoms with E-state index in [4.69, 9.17) is 10.2 Å². The quantitative estimate of drug-likeness (QED) is 0.600. The number of furan rings is 1. The van der Waals surface area contributed by atoms with Gasteiger partial charge in [0.2, 0.25) is 0 Å². The van der Waals surface area contributed by atoms with Crippen molar-refractivity contribution in [1.29, 1.82) is 0 Å². The molecule has 0 saturated carbocycles. The van der Waals surface area contributed by atoms with Gasteiger partial charge in [0.1, 0.15) is 12.3 Å². The third kappa shape index (κ3) is 5.14. The lowest BCUT2D eigenvalue weighted by atomic mass is 10.3. The van der Waals surface area contributed by atoms with Crippen molar-refractivity contribution < 1.29 is 9.21 Å². The van der Waals surface area contributed by atoms with Gasteiger partial charge >= 0.3 is 0 Å². The van der Waals surface area contributed by atoms with Crippen molar-refractivity contribution in [3.05, 3.63) is 46.0 Å². The van der Waals surface area contributed by atoms with Crippen molar-refractivity contribution in [2.45, 2.75) is 19.9 Å². The van der Waals surface area contributed by atoms with Crippen LogP contribution in [0.2, 0.25) is 0 Å². The number of hydrogen-bond donors (Lipinski definition) is 2. The van der Waals surface area contributed by atoms with E-state index in [1.807, 2.05) is 14.0 Å². The molecule has 2 aromatic rings. The van der Waals surface area contributed by atoms with E-state index in [0.717, 1.165) is 25.5 Å². The molecular weight excluding hydrogens is 312 g/mol. The predicted molar refractivity (Wildman–Crippen MR) is 92.7 cm³/mol. The smallest absolute Gasteiger partial charge is 0.284 e. The molecule has 0 atom stereocenters. The first-order chi connectivity index (χ1) is 11.1. The van der Waals surface area contributed by atoms with Crippen molar-refractivity contribution in [3.63, 3.8) is 0 Å². The van der Waals surface area contributed by atoms with Gasteiger partial charge in [-0.1, -0.05) is 6.07 Å². The minimum absolute atomic E-state index is 0.159. The van der Waals surface area contributed by atoms with E-state index in [2.05, 4.69) is 32.7 Å². The monoisotopic (exact) mass is 334 g/mol. The Morgan fingerprint density at radius 1 is 1.43 bits per heavy atom. The molecule has 124 valence electrons. The van der Waals surface area contributed by atoms with Crippen LogP contribution in [0.15, 0.2) is 39.1 Å². The number of aliphatic imine (C=N–C) groups is 1. The molecule has 1 amide bonds. The Labute approximate surface area is 140 Å². The molecule has 0 saturated heterocycles. The number of nitrogens with two attached hydrogens (primary N) is 1. The zero-order valence-electron chi connectivity index (χ0n) is 13.4. The van der Waals surface area contributed by atoms with Crippen molar-refractivity contribution in [1.82, 2.24) is 10.2 Å². The average Bonchev–Trinajstić information content (AvgIpc) is 3.20. The molecule has 0 aromatic carbocycles. The van der Waals surface area contributed by atoms with Crippen LogP contribution in [0.1, 0.15) is 28.1 Å². The third-order valence-electron chi connectivity index (χ3n) is 3.26. The van der Waals surface area contributed by atoms with Crippen LogP contribution in [0, 0.1) is 0 Å². The number of carbonyl (C=O) groups excluding carboxylic acids is 1. The molecule has 3 N–H and O–H groups in total. The van der Waals surface area contributed by atoms with Crippen LogP contribution in [-0.4, -0.2) is 36.9 Å². The molecule has 23 heavy (non-hydrogen) atoms. The van der Waals surface area contributed by atoms with Gasteiger partial charge in [-0.2, -0.15) is 0 Å². The van der Waals surface area contributed by atoms with Crippen LogP contribution < -0.4 is 11.1 Å². The van der Waals surface area contributed by atoms with Crippen LogP contribution in [0.5, 0.6) is 0 Å². The van der Waals surface area contributed by atoms with Crippen molar-refractivity contribution >= 4 is 23.2 Å². The summed E-state index contributed by atoms with van der Waals surface area (Å²) < 4.78 is 5.35. The summed E-state index contributed by atoms with van der Waals surface area (Å²) in [5.74, 6) is 1.01. The van der Waals surface area contributed by atoms with Gasteiger partial charge in [0, 0.05) is 25.0 Å².